The van der Waals surface area contributed by atoms with Crippen LogP contribution in [0.25, 0.3) is 0 Å². The summed E-state index contributed by atoms with van der Waals surface area (Å²) in [4.78, 5) is 17.3. The highest BCUT2D eigenvalue weighted by atomic mass is 35.5. The number of ether oxygens (including phenoxy) is 1. The van der Waals surface area contributed by atoms with E-state index in [1.807, 2.05) is 47.4 Å². The van der Waals surface area contributed by atoms with Gasteiger partial charge < -0.3 is 19.9 Å². The van der Waals surface area contributed by atoms with Crippen LogP contribution in [-0.4, -0.2) is 56.3 Å². The highest BCUT2D eigenvalue weighted by Gasteiger charge is 2.36. The van der Waals surface area contributed by atoms with Crippen molar-refractivity contribution in [2.45, 2.75) is 12.2 Å². The summed E-state index contributed by atoms with van der Waals surface area (Å²) in [6.45, 7) is 2.90. The summed E-state index contributed by atoms with van der Waals surface area (Å²) in [5.41, 5.74) is 10.9. The molecule has 0 spiro atoms. The zero-order chi connectivity index (χ0) is 20.2. The molecular weight excluding hydrogens is 392 g/mol. The van der Waals surface area contributed by atoms with E-state index in [9.17, 15) is 4.79 Å². The van der Waals surface area contributed by atoms with Crippen molar-refractivity contribution in [3.63, 3.8) is 0 Å². The predicted molar refractivity (Wildman–Crippen MR) is 114 cm³/mol. The molecule has 4 rings (SSSR count). The number of nitrogens with one attached hydrogen (secondary N) is 4. The lowest BCUT2D eigenvalue weighted by atomic mass is 10.1. The SMILES string of the molecule is COc1cccc(N2CCN(C(=O)C3NNNC3Nc3ccc(Cl)cc3)CC2)c1. The summed E-state index contributed by atoms with van der Waals surface area (Å²) in [5, 5.41) is 3.99. The number of carbonyl (C=O) groups excluding carboxylic acids is 1. The van der Waals surface area contributed by atoms with Crippen LogP contribution in [0.2, 0.25) is 5.02 Å². The van der Waals surface area contributed by atoms with Gasteiger partial charge in [-0.3, -0.25) is 4.79 Å². The number of anilines is 2. The van der Waals surface area contributed by atoms with E-state index in [-0.39, 0.29) is 12.1 Å². The molecule has 2 saturated heterocycles. The summed E-state index contributed by atoms with van der Waals surface area (Å²) in [7, 11) is 1.67. The highest BCUT2D eigenvalue weighted by Crippen LogP contribution is 2.22. The second-order valence-electron chi connectivity index (χ2n) is 7.03. The molecule has 2 aliphatic rings. The molecule has 4 N–H and O–H groups in total. The minimum Gasteiger partial charge on any atom is -0.497 e. The first-order valence-electron chi connectivity index (χ1n) is 9.60. The van der Waals surface area contributed by atoms with E-state index < -0.39 is 6.04 Å². The molecule has 9 heteroatoms. The number of benzene rings is 2. The van der Waals surface area contributed by atoms with Crippen molar-refractivity contribution < 1.29 is 9.53 Å². The number of hydrogen-bond donors (Lipinski definition) is 4. The van der Waals surface area contributed by atoms with Crippen molar-refractivity contribution >= 4 is 28.9 Å². The van der Waals surface area contributed by atoms with Crippen LogP contribution >= 0.6 is 11.6 Å². The molecule has 0 aromatic heterocycles. The second kappa shape index (κ2) is 8.87. The van der Waals surface area contributed by atoms with Crippen molar-refractivity contribution in [3.05, 3.63) is 53.6 Å². The number of amides is 1. The summed E-state index contributed by atoms with van der Waals surface area (Å²) in [6, 6.07) is 15.0. The monoisotopic (exact) mass is 416 g/mol. The fraction of sp³-hybridized carbons (Fsp3) is 0.350. The van der Waals surface area contributed by atoms with E-state index in [1.165, 1.54) is 0 Å². The van der Waals surface area contributed by atoms with Gasteiger partial charge in [0.25, 0.3) is 0 Å². The number of nitrogens with zero attached hydrogens (tertiary/aromatic N) is 2. The first-order valence-corrected chi connectivity index (χ1v) is 9.98. The Morgan fingerprint density at radius 2 is 1.86 bits per heavy atom. The Bertz CT molecular complexity index is 841. The summed E-state index contributed by atoms with van der Waals surface area (Å²) < 4.78 is 5.31. The Kier molecular flexibility index (Phi) is 6.05. The number of piperazine rings is 1. The molecule has 154 valence electrons. The van der Waals surface area contributed by atoms with E-state index in [0.29, 0.717) is 18.1 Å². The summed E-state index contributed by atoms with van der Waals surface area (Å²) in [5.74, 6) is 0.892. The number of carbonyl (C=O) groups is 1. The van der Waals surface area contributed by atoms with E-state index in [2.05, 4.69) is 32.7 Å². The van der Waals surface area contributed by atoms with Crippen molar-refractivity contribution in [1.29, 1.82) is 0 Å². The molecule has 29 heavy (non-hydrogen) atoms. The Hall–Kier alpha value is -2.52. The standard InChI is InChI=1S/C20H25ClN6O2/c1-29-17-4-2-3-16(13-17)26-9-11-27(12-10-26)20(28)18-19(24-25-23-18)22-15-7-5-14(21)6-8-15/h2-8,13,18-19,22-25H,9-12H2,1H3. The lowest BCUT2D eigenvalue weighted by molar-refractivity contribution is -0.133. The van der Waals surface area contributed by atoms with Crippen molar-refractivity contribution in [2.24, 2.45) is 0 Å². The molecule has 0 aliphatic carbocycles. The molecule has 2 fully saturated rings. The van der Waals surface area contributed by atoms with E-state index >= 15 is 0 Å². The van der Waals surface area contributed by atoms with Crippen LogP contribution in [0.15, 0.2) is 48.5 Å². The fourth-order valence-corrected chi connectivity index (χ4v) is 3.73. The normalized spacial score (nSPS) is 21.9. The van der Waals surface area contributed by atoms with E-state index in [4.69, 9.17) is 16.3 Å². The molecule has 2 aromatic carbocycles. The Morgan fingerprint density at radius 1 is 1.10 bits per heavy atom. The summed E-state index contributed by atoms with van der Waals surface area (Å²) >= 11 is 5.94. The molecular formula is C20H25ClN6O2. The highest BCUT2D eigenvalue weighted by molar-refractivity contribution is 6.30. The molecule has 2 aromatic rings. The quantitative estimate of drug-likeness (QED) is 0.587. The average Bonchev–Trinajstić information content (AvgIpc) is 3.23. The molecule has 2 atom stereocenters. The van der Waals surface area contributed by atoms with Gasteiger partial charge in [-0.25, -0.2) is 10.9 Å². The minimum absolute atomic E-state index is 0.0549. The number of rotatable bonds is 5. The first kappa shape index (κ1) is 19.8. The van der Waals surface area contributed by atoms with Gasteiger partial charge in [0.05, 0.1) is 7.11 Å². The summed E-state index contributed by atoms with van der Waals surface area (Å²) in [6.07, 6.45) is -0.278. The molecule has 1 amide bonds. The zero-order valence-electron chi connectivity index (χ0n) is 16.2. The van der Waals surface area contributed by atoms with Gasteiger partial charge in [0.1, 0.15) is 18.0 Å². The van der Waals surface area contributed by atoms with Crippen LogP contribution in [0.1, 0.15) is 0 Å². The van der Waals surface area contributed by atoms with Gasteiger partial charge in [-0.1, -0.05) is 17.7 Å². The first-order chi connectivity index (χ1) is 14.1. The molecule has 2 heterocycles. The van der Waals surface area contributed by atoms with Crippen molar-refractivity contribution in [3.8, 4) is 5.75 Å². The van der Waals surface area contributed by atoms with Crippen molar-refractivity contribution in [1.82, 2.24) is 21.3 Å². The van der Waals surface area contributed by atoms with Crippen LogP contribution in [0.4, 0.5) is 11.4 Å². The van der Waals surface area contributed by atoms with Gasteiger partial charge in [0, 0.05) is 48.6 Å². The van der Waals surface area contributed by atoms with E-state index in [1.54, 1.807) is 7.11 Å². The molecule has 0 saturated carbocycles. The third-order valence-corrected chi connectivity index (χ3v) is 5.48. The molecule has 2 unspecified atom stereocenters. The number of methoxy groups -OCH3 is 1. The van der Waals surface area contributed by atoms with Gasteiger partial charge >= 0.3 is 0 Å². The van der Waals surface area contributed by atoms with Crippen molar-refractivity contribution in [2.75, 3.05) is 43.5 Å². The fourth-order valence-electron chi connectivity index (χ4n) is 3.60. The van der Waals surface area contributed by atoms with Crippen LogP contribution in [0.3, 0.4) is 0 Å². The Labute approximate surface area is 175 Å². The lowest BCUT2D eigenvalue weighted by Gasteiger charge is -2.37. The lowest BCUT2D eigenvalue weighted by Crippen LogP contribution is -2.57. The minimum atomic E-state index is -0.422. The van der Waals surface area contributed by atoms with Crippen LogP contribution < -0.4 is 31.3 Å². The average molecular weight is 417 g/mol. The molecule has 2 aliphatic heterocycles. The van der Waals surface area contributed by atoms with Gasteiger partial charge in [0.15, 0.2) is 0 Å². The molecule has 0 radical (unpaired) electrons. The maximum atomic E-state index is 13.1. The third-order valence-electron chi connectivity index (χ3n) is 5.23. The van der Waals surface area contributed by atoms with Crippen LogP contribution in [0, 0.1) is 0 Å². The zero-order valence-corrected chi connectivity index (χ0v) is 16.9. The smallest absolute Gasteiger partial charge is 0.244 e. The predicted octanol–water partition coefficient (Wildman–Crippen LogP) is 1.42. The number of halogens is 1. The Morgan fingerprint density at radius 3 is 2.59 bits per heavy atom. The van der Waals surface area contributed by atoms with Gasteiger partial charge in [0.2, 0.25) is 5.91 Å². The topological polar surface area (TPSA) is 80.9 Å². The molecule has 0 bridgehead atoms. The second-order valence-corrected chi connectivity index (χ2v) is 7.47. The molecule has 8 nitrogen and oxygen atoms in total. The maximum absolute atomic E-state index is 13.1. The van der Waals surface area contributed by atoms with Gasteiger partial charge in [-0.15, -0.1) is 0 Å². The van der Waals surface area contributed by atoms with Crippen LogP contribution in [-0.2, 0) is 4.79 Å². The van der Waals surface area contributed by atoms with Gasteiger partial charge in [-0.05, 0) is 36.4 Å². The number of hydrazine groups is 2. The third kappa shape index (κ3) is 4.56. The maximum Gasteiger partial charge on any atom is 0.244 e. The Balaban J connectivity index is 1.35. The number of hydrogen-bond acceptors (Lipinski definition) is 7. The largest absolute Gasteiger partial charge is 0.497 e. The van der Waals surface area contributed by atoms with Gasteiger partial charge in [-0.2, -0.15) is 5.53 Å². The van der Waals surface area contributed by atoms with Crippen LogP contribution in [0.5, 0.6) is 5.75 Å². The van der Waals surface area contributed by atoms with E-state index in [0.717, 1.165) is 30.2 Å².